The summed E-state index contributed by atoms with van der Waals surface area (Å²) < 4.78 is 22.7. The maximum atomic E-state index is 13.2. The van der Waals surface area contributed by atoms with E-state index < -0.39 is 86.8 Å². The molecule has 12 atom stereocenters. The van der Waals surface area contributed by atoms with Gasteiger partial charge in [0.2, 0.25) is 5.91 Å². The number of carbonyl (C=O) groups excluding carboxylic acids is 1. The third-order valence-corrected chi connectivity index (χ3v) is 14.8. The van der Waals surface area contributed by atoms with Gasteiger partial charge in [-0.3, -0.25) is 4.79 Å². The molecule has 9 N–H and O–H groups in total. The first kappa shape index (κ1) is 68.3. The Balaban J connectivity index is 1.66. The number of carbonyl (C=O) groups is 1. The molecule has 2 aliphatic rings. The normalized spacial score (nSPS) is 25.4. The summed E-state index contributed by atoms with van der Waals surface area (Å²) >= 11 is 0. The summed E-state index contributed by atoms with van der Waals surface area (Å²) in [5.74, 6) is -0.248. The van der Waals surface area contributed by atoms with Crippen LogP contribution in [0.3, 0.4) is 0 Å². The second-order valence-electron chi connectivity index (χ2n) is 21.5. The van der Waals surface area contributed by atoms with Gasteiger partial charge >= 0.3 is 0 Å². The molecule has 0 bridgehead atoms. The minimum Gasteiger partial charge on any atom is -0.394 e. The second kappa shape index (κ2) is 46.2. The molecule has 0 aromatic heterocycles. The molecule has 2 fully saturated rings. The first-order valence-corrected chi connectivity index (χ1v) is 30.2. The highest BCUT2D eigenvalue weighted by Crippen LogP contribution is 2.30. The Hall–Kier alpha value is -1.79. The van der Waals surface area contributed by atoms with Gasteiger partial charge in [-0.1, -0.05) is 217 Å². The molecule has 0 saturated carbocycles. The molecule has 434 valence electrons. The molecule has 2 saturated heterocycles. The number of aliphatic hydroxyl groups is 8. The number of nitrogens with one attached hydrogen (secondary N) is 1. The molecule has 74 heavy (non-hydrogen) atoms. The van der Waals surface area contributed by atoms with E-state index in [1.54, 1.807) is 6.08 Å². The lowest BCUT2D eigenvalue weighted by Gasteiger charge is -2.46. The van der Waals surface area contributed by atoms with Crippen LogP contribution in [0.25, 0.3) is 0 Å². The molecular weight excluding hydrogens is 943 g/mol. The average molecular weight is 1050 g/mol. The van der Waals surface area contributed by atoms with Crippen LogP contribution in [-0.4, -0.2) is 140 Å². The van der Waals surface area contributed by atoms with Crippen LogP contribution in [0.5, 0.6) is 0 Å². The van der Waals surface area contributed by atoms with Crippen LogP contribution in [0, 0.1) is 0 Å². The van der Waals surface area contributed by atoms with Crippen molar-refractivity contribution in [1.29, 1.82) is 0 Å². The van der Waals surface area contributed by atoms with Crippen molar-refractivity contribution in [3.8, 4) is 0 Å². The van der Waals surface area contributed by atoms with Gasteiger partial charge in [-0.05, 0) is 57.8 Å². The molecule has 0 aliphatic carbocycles. The molecule has 12 unspecified atom stereocenters. The third kappa shape index (κ3) is 31.6. The Morgan fingerprint density at radius 2 is 0.865 bits per heavy atom. The lowest BCUT2D eigenvalue weighted by molar-refractivity contribution is -0.359. The van der Waals surface area contributed by atoms with Crippen molar-refractivity contribution < 1.29 is 64.6 Å². The summed E-state index contributed by atoms with van der Waals surface area (Å²) in [6, 6.07) is -0.928. The van der Waals surface area contributed by atoms with Crippen LogP contribution < -0.4 is 5.32 Å². The molecule has 2 rings (SSSR count). The quantitative estimate of drug-likeness (QED) is 0.0204. The summed E-state index contributed by atoms with van der Waals surface area (Å²) in [5.41, 5.74) is 0. The molecule has 0 aromatic rings. The Bertz CT molecular complexity index is 1380. The van der Waals surface area contributed by atoms with Crippen molar-refractivity contribution in [2.24, 2.45) is 0 Å². The Labute approximate surface area is 449 Å². The number of hydrogen-bond donors (Lipinski definition) is 9. The van der Waals surface area contributed by atoms with E-state index in [0.717, 1.165) is 32.1 Å². The number of rotatable bonds is 48. The first-order valence-electron chi connectivity index (χ1n) is 30.2. The molecule has 2 heterocycles. The molecule has 2 aliphatic heterocycles. The van der Waals surface area contributed by atoms with Crippen molar-refractivity contribution >= 4 is 5.91 Å². The largest absolute Gasteiger partial charge is 0.394 e. The molecular formula is C60H111NO13. The highest BCUT2D eigenvalue weighted by atomic mass is 16.7. The molecule has 0 spiro atoms. The summed E-state index contributed by atoms with van der Waals surface area (Å²) in [6.07, 6.45) is 39.3. The van der Waals surface area contributed by atoms with Crippen LogP contribution in [0.2, 0.25) is 0 Å². The van der Waals surface area contributed by atoms with Gasteiger partial charge in [0, 0.05) is 6.42 Å². The number of aliphatic hydroxyl groups excluding tert-OH is 8. The summed E-state index contributed by atoms with van der Waals surface area (Å²) in [7, 11) is 0. The van der Waals surface area contributed by atoms with Gasteiger partial charge < -0.3 is 65.1 Å². The summed E-state index contributed by atoms with van der Waals surface area (Å²) in [5, 5.41) is 86.9. The Morgan fingerprint density at radius 1 is 0.473 bits per heavy atom. The Kier molecular flexibility index (Phi) is 42.6. The average Bonchev–Trinajstić information content (AvgIpc) is 3.40. The van der Waals surface area contributed by atoms with Crippen molar-refractivity contribution in [2.45, 2.75) is 319 Å². The SMILES string of the molecule is CCCCCCC/C=C/CC/C=C/C(O)C(COC1OC(CO)C(OC2OC(CO)C(O)C(O)C2O)C(O)C1O)NC(=O)CCCCCCCCCCCCCCCCCCC/C=C\CCCCCCCCCC. The zero-order chi connectivity index (χ0) is 53.9. The number of unbranched alkanes of at least 4 members (excludes halogenated alkanes) is 31. The van der Waals surface area contributed by atoms with E-state index >= 15 is 0 Å². The van der Waals surface area contributed by atoms with Crippen molar-refractivity contribution in [3.05, 3.63) is 36.5 Å². The van der Waals surface area contributed by atoms with Crippen LogP contribution in [-0.2, 0) is 23.7 Å². The van der Waals surface area contributed by atoms with Crippen molar-refractivity contribution in [2.75, 3.05) is 19.8 Å². The fraction of sp³-hybridized carbons (Fsp3) is 0.883. The van der Waals surface area contributed by atoms with Gasteiger partial charge in [0.1, 0.15) is 48.8 Å². The van der Waals surface area contributed by atoms with Gasteiger partial charge in [-0.2, -0.15) is 0 Å². The maximum absolute atomic E-state index is 13.2. The fourth-order valence-electron chi connectivity index (χ4n) is 9.89. The van der Waals surface area contributed by atoms with Gasteiger partial charge in [0.05, 0.1) is 32.0 Å². The minimum absolute atomic E-state index is 0.248. The highest BCUT2D eigenvalue weighted by Gasteiger charge is 2.51. The smallest absolute Gasteiger partial charge is 0.220 e. The summed E-state index contributed by atoms with van der Waals surface area (Å²) in [6.45, 7) is 2.76. The molecule has 0 radical (unpaired) electrons. The third-order valence-electron chi connectivity index (χ3n) is 14.8. The first-order chi connectivity index (χ1) is 36.1. The molecule has 14 heteroatoms. The van der Waals surface area contributed by atoms with E-state index in [9.17, 15) is 45.6 Å². The zero-order valence-electron chi connectivity index (χ0n) is 46.6. The number of ether oxygens (including phenoxy) is 4. The number of allylic oxidation sites excluding steroid dienone is 5. The molecule has 1 amide bonds. The highest BCUT2D eigenvalue weighted by molar-refractivity contribution is 5.76. The van der Waals surface area contributed by atoms with Gasteiger partial charge in [-0.15, -0.1) is 0 Å². The topological polar surface area (TPSA) is 228 Å². The molecule has 0 aromatic carbocycles. The van der Waals surface area contributed by atoms with Crippen LogP contribution in [0.4, 0.5) is 0 Å². The van der Waals surface area contributed by atoms with Crippen LogP contribution in [0.15, 0.2) is 36.5 Å². The Morgan fingerprint density at radius 3 is 1.32 bits per heavy atom. The lowest BCUT2D eigenvalue weighted by atomic mass is 9.97. The van der Waals surface area contributed by atoms with Gasteiger partial charge in [0.25, 0.3) is 0 Å². The lowest BCUT2D eigenvalue weighted by Crippen LogP contribution is -2.65. The van der Waals surface area contributed by atoms with Gasteiger partial charge in [-0.25, -0.2) is 0 Å². The van der Waals surface area contributed by atoms with E-state index in [2.05, 4.69) is 43.5 Å². The molecule has 14 nitrogen and oxygen atoms in total. The predicted molar refractivity (Wildman–Crippen MR) is 295 cm³/mol. The van der Waals surface area contributed by atoms with Crippen molar-refractivity contribution in [1.82, 2.24) is 5.32 Å². The van der Waals surface area contributed by atoms with E-state index in [1.165, 1.54) is 180 Å². The second-order valence-corrected chi connectivity index (χ2v) is 21.5. The monoisotopic (exact) mass is 1050 g/mol. The number of hydrogen-bond acceptors (Lipinski definition) is 13. The van der Waals surface area contributed by atoms with E-state index in [4.69, 9.17) is 18.9 Å². The van der Waals surface area contributed by atoms with E-state index in [1.807, 2.05) is 6.08 Å². The predicted octanol–water partition coefficient (Wildman–Crippen LogP) is 10.2. The standard InChI is InChI=1S/C60H111NO13/c1-3-5-7-9-11-13-15-16-17-18-19-20-21-22-23-24-25-26-27-28-29-30-31-32-34-36-38-40-42-44-52(65)61-48(49(64)43-41-39-37-35-33-14-12-10-8-6-4-2)47-71-59-57(70)55(68)58(51(46-63)73-59)74-60-56(69)54(67)53(66)50(45-62)72-60/h18-19,33,35,41,43,48-51,53-60,62-64,66-70H,3-17,20-32,34,36-40,42,44-47H2,1-2H3,(H,61,65)/b19-18-,35-33+,43-41+. The van der Waals surface area contributed by atoms with Crippen LogP contribution >= 0.6 is 0 Å². The van der Waals surface area contributed by atoms with Crippen molar-refractivity contribution in [3.63, 3.8) is 0 Å². The minimum atomic E-state index is -1.79. The van der Waals surface area contributed by atoms with E-state index in [0.29, 0.717) is 12.8 Å². The fourth-order valence-corrected chi connectivity index (χ4v) is 9.89. The maximum Gasteiger partial charge on any atom is 0.220 e. The van der Waals surface area contributed by atoms with E-state index in [-0.39, 0.29) is 18.9 Å². The summed E-state index contributed by atoms with van der Waals surface area (Å²) in [4.78, 5) is 13.2. The van der Waals surface area contributed by atoms with Crippen LogP contribution in [0.1, 0.15) is 245 Å². The number of amides is 1. The van der Waals surface area contributed by atoms with Gasteiger partial charge in [0.15, 0.2) is 12.6 Å². The zero-order valence-corrected chi connectivity index (χ0v) is 46.6.